The highest BCUT2D eigenvalue weighted by Crippen LogP contribution is 2.40. The molecule has 0 amide bonds. The Balaban J connectivity index is 1.20. The number of hydrogen-bond acceptors (Lipinski definition) is 4. The molecule has 0 aliphatic rings. The molecule has 4 heteroatoms. The topological polar surface area (TPSA) is 38.7 Å². The molecule has 0 saturated carbocycles. The minimum absolute atomic E-state index is 0.643. The van der Waals surface area contributed by atoms with Gasteiger partial charge >= 0.3 is 0 Å². The third-order valence-corrected chi connectivity index (χ3v) is 10.1. The molecular formula is C45H29N3S. The summed E-state index contributed by atoms with van der Waals surface area (Å²) < 4.78 is 2.47. The maximum absolute atomic E-state index is 5.18. The fourth-order valence-corrected chi connectivity index (χ4v) is 7.64. The zero-order valence-electron chi connectivity index (χ0n) is 26.5. The van der Waals surface area contributed by atoms with Crippen LogP contribution in [0.1, 0.15) is 0 Å². The molecule has 0 unspecified atom stereocenters. The van der Waals surface area contributed by atoms with Gasteiger partial charge in [-0.1, -0.05) is 152 Å². The molecule has 49 heavy (non-hydrogen) atoms. The van der Waals surface area contributed by atoms with Gasteiger partial charge in [0.1, 0.15) is 0 Å². The minimum atomic E-state index is 0.643. The van der Waals surface area contributed by atoms with Crippen molar-refractivity contribution in [2.45, 2.75) is 0 Å². The van der Waals surface area contributed by atoms with E-state index in [-0.39, 0.29) is 0 Å². The lowest BCUT2D eigenvalue weighted by Gasteiger charge is -2.11. The van der Waals surface area contributed by atoms with Gasteiger partial charge in [0.25, 0.3) is 0 Å². The second-order valence-corrected chi connectivity index (χ2v) is 13.1. The van der Waals surface area contributed by atoms with Crippen molar-refractivity contribution in [3.05, 3.63) is 176 Å². The Bertz CT molecular complexity index is 2590. The van der Waals surface area contributed by atoms with Crippen LogP contribution in [-0.4, -0.2) is 15.0 Å². The lowest BCUT2D eigenvalue weighted by Crippen LogP contribution is -2.00. The maximum atomic E-state index is 5.18. The lowest BCUT2D eigenvalue weighted by molar-refractivity contribution is 1.08. The third kappa shape index (κ3) is 5.58. The van der Waals surface area contributed by atoms with E-state index in [1.54, 1.807) is 11.3 Å². The molecule has 0 aliphatic heterocycles. The fourth-order valence-electron chi connectivity index (χ4n) is 6.50. The zero-order chi connectivity index (χ0) is 32.6. The number of thiophene rings is 1. The van der Waals surface area contributed by atoms with E-state index in [0.29, 0.717) is 17.5 Å². The first kappa shape index (κ1) is 29.0. The maximum Gasteiger partial charge on any atom is 0.164 e. The number of fused-ring (bicyclic) bond motifs is 3. The Morgan fingerprint density at radius 1 is 0.306 bits per heavy atom. The number of nitrogens with zero attached hydrogens (tertiary/aromatic N) is 3. The van der Waals surface area contributed by atoms with Crippen LogP contribution in [0.2, 0.25) is 0 Å². The normalized spacial score (nSPS) is 11.3. The van der Waals surface area contributed by atoms with Gasteiger partial charge < -0.3 is 0 Å². The summed E-state index contributed by atoms with van der Waals surface area (Å²) in [5.41, 5.74) is 9.85. The van der Waals surface area contributed by atoms with Crippen LogP contribution in [0.5, 0.6) is 0 Å². The largest absolute Gasteiger partial charge is 0.208 e. The van der Waals surface area contributed by atoms with Crippen LogP contribution in [0, 0.1) is 0 Å². The predicted octanol–water partition coefficient (Wildman–Crippen LogP) is 12.2. The molecule has 7 aromatic carbocycles. The molecule has 0 saturated heterocycles. The van der Waals surface area contributed by atoms with Crippen LogP contribution >= 0.6 is 11.3 Å². The Morgan fingerprint density at radius 2 is 0.755 bits per heavy atom. The van der Waals surface area contributed by atoms with Crippen LogP contribution in [0.3, 0.4) is 0 Å². The van der Waals surface area contributed by atoms with Gasteiger partial charge in [0, 0.05) is 36.9 Å². The van der Waals surface area contributed by atoms with Gasteiger partial charge in [-0.05, 0) is 57.6 Å². The van der Waals surface area contributed by atoms with E-state index in [1.165, 1.54) is 36.9 Å². The standard InChI is InChI=1S/C45H29N3S/c1-3-12-30(13-4-1)32-24-26-33(27-25-32)43-46-44(48-45(47-43)39-21-11-23-41-42(39)38-20-7-8-22-40(38)49-41)37-19-10-18-36(29-37)35-17-9-16-34(28-35)31-14-5-2-6-15-31/h1-29H. The van der Waals surface area contributed by atoms with Gasteiger partial charge in [0.05, 0.1) is 0 Å². The van der Waals surface area contributed by atoms with Gasteiger partial charge in [-0.15, -0.1) is 11.3 Å². The molecule has 0 fully saturated rings. The van der Waals surface area contributed by atoms with E-state index in [0.717, 1.165) is 33.4 Å². The summed E-state index contributed by atoms with van der Waals surface area (Å²) >= 11 is 1.80. The van der Waals surface area contributed by atoms with Gasteiger partial charge in [-0.25, -0.2) is 15.0 Å². The van der Waals surface area contributed by atoms with Crippen molar-refractivity contribution in [2.75, 3.05) is 0 Å². The van der Waals surface area contributed by atoms with Crippen molar-refractivity contribution >= 4 is 31.5 Å². The molecule has 2 heterocycles. The highest BCUT2D eigenvalue weighted by Gasteiger charge is 2.17. The van der Waals surface area contributed by atoms with Crippen LogP contribution in [0.25, 0.3) is 87.7 Å². The minimum Gasteiger partial charge on any atom is -0.208 e. The predicted molar refractivity (Wildman–Crippen MR) is 205 cm³/mol. The molecule has 9 rings (SSSR count). The van der Waals surface area contributed by atoms with Crippen LogP contribution in [0.4, 0.5) is 0 Å². The summed E-state index contributed by atoms with van der Waals surface area (Å²) in [4.78, 5) is 15.4. The Kier molecular flexibility index (Phi) is 7.34. The van der Waals surface area contributed by atoms with Gasteiger partial charge in [0.2, 0.25) is 0 Å². The van der Waals surface area contributed by atoms with E-state index < -0.39 is 0 Å². The summed E-state index contributed by atoms with van der Waals surface area (Å²) in [5.74, 6) is 1.95. The van der Waals surface area contributed by atoms with Crippen molar-refractivity contribution in [3.8, 4) is 67.5 Å². The fraction of sp³-hybridized carbons (Fsp3) is 0. The van der Waals surface area contributed by atoms with Gasteiger partial charge in [0.15, 0.2) is 17.5 Å². The Labute approximate surface area is 288 Å². The average Bonchev–Trinajstić information content (AvgIpc) is 3.58. The van der Waals surface area contributed by atoms with Crippen molar-refractivity contribution < 1.29 is 0 Å². The summed E-state index contributed by atoms with van der Waals surface area (Å²) in [7, 11) is 0. The molecule has 0 bridgehead atoms. The molecule has 0 aliphatic carbocycles. The number of hydrogen-bond donors (Lipinski definition) is 0. The lowest BCUT2D eigenvalue weighted by atomic mass is 9.98. The third-order valence-electron chi connectivity index (χ3n) is 8.95. The van der Waals surface area contributed by atoms with Crippen molar-refractivity contribution in [2.24, 2.45) is 0 Å². The number of benzene rings is 7. The Morgan fingerprint density at radius 3 is 1.47 bits per heavy atom. The van der Waals surface area contributed by atoms with E-state index in [4.69, 9.17) is 15.0 Å². The summed E-state index contributed by atoms with van der Waals surface area (Å²) in [6.07, 6.45) is 0. The molecular weight excluding hydrogens is 615 g/mol. The first-order valence-corrected chi connectivity index (χ1v) is 17.2. The van der Waals surface area contributed by atoms with E-state index in [9.17, 15) is 0 Å². The molecule has 0 spiro atoms. The smallest absolute Gasteiger partial charge is 0.164 e. The summed E-state index contributed by atoms with van der Waals surface area (Å²) in [6, 6.07) is 61.6. The molecule has 9 aromatic rings. The second-order valence-electron chi connectivity index (χ2n) is 12.1. The van der Waals surface area contributed by atoms with E-state index in [1.807, 2.05) is 12.1 Å². The molecule has 3 nitrogen and oxygen atoms in total. The SMILES string of the molecule is c1ccc(-c2ccc(-c3nc(-c4cccc(-c5cccc(-c6ccccc6)c5)c4)nc(-c4cccc5sc6ccccc6c45)n3)cc2)cc1. The van der Waals surface area contributed by atoms with Crippen LogP contribution in [-0.2, 0) is 0 Å². The number of aromatic nitrogens is 3. The van der Waals surface area contributed by atoms with Crippen molar-refractivity contribution in [3.63, 3.8) is 0 Å². The van der Waals surface area contributed by atoms with E-state index >= 15 is 0 Å². The molecule has 0 radical (unpaired) electrons. The van der Waals surface area contributed by atoms with E-state index in [2.05, 4.69) is 164 Å². The first-order chi connectivity index (χ1) is 24.3. The first-order valence-electron chi connectivity index (χ1n) is 16.4. The average molecular weight is 644 g/mol. The summed E-state index contributed by atoms with van der Waals surface area (Å²) in [5, 5.41) is 2.39. The highest BCUT2D eigenvalue weighted by molar-refractivity contribution is 7.25. The zero-order valence-corrected chi connectivity index (χ0v) is 27.3. The van der Waals surface area contributed by atoms with Crippen molar-refractivity contribution in [1.29, 1.82) is 0 Å². The Hall–Kier alpha value is -6.23. The highest BCUT2D eigenvalue weighted by atomic mass is 32.1. The summed E-state index contributed by atoms with van der Waals surface area (Å²) in [6.45, 7) is 0. The van der Waals surface area contributed by atoms with Crippen molar-refractivity contribution in [1.82, 2.24) is 15.0 Å². The molecule has 230 valence electrons. The monoisotopic (exact) mass is 643 g/mol. The molecule has 0 N–H and O–H groups in total. The molecule has 2 aromatic heterocycles. The van der Waals surface area contributed by atoms with Crippen LogP contribution < -0.4 is 0 Å². The number of rotatable bonds is 6. The van der Waals surface area contributed by atoms with Crippen LogP contribution in [0.15, 0.2) is 176 Å². The molecule has 0 atom stereocenters. The quantitative estimate of drug-likeness (QED) is 0.181. The van der Waals surface area contributed by atoms with Gasteiger partial charge in [-0.3, -0.25) is 0 Å². The van der Waals surface area contributed by atoms with Gasteiger partial charge in [-0.2, -0.15) is 0 Å². The second kappa shape index (κ2) is 12.4.